The van der Waals surface area contributed by atoms with Gasteiger partial charge in [0.25, 0.3) is 0 Å². The molecule has 7 heteroatoms. The van der Waals surface area contributed by atoms with Crippen LogP contribution < -0.4 is 0 Å². The Morgan fingerprint density at radius 3 is 2.39 bits per heavy atom. The number of hydrogen-bond acceptors (Lipinski definition) is 3. The first-order valence-electron chi connectivity index (χ1n) is 10.8. The molecule has 1 aromatic carbocycles. The SMILES string of the molecule is OC(c1cn(-c2ccc(C(F)(F)F)cn2)nc1CCc1ccccc1)C1CCCCC1. The van der Waals surface area contributed by atoms with Gasteiger partial charge in [0, 0.05) is 18.0 Å². The van der Waals surface area contributed by atoms with Crippen LogP contribution in [0.25, 0.3) is 5.82 Å². The van der Waals surface area contributed by atoms with Crippen molar-refractivity contribution >= 4 is 0 Å². The molecule has 0 radical (unpaired) electrons. The van der Waals surface area contributed by atoms with Crippen LogP contribution in [0.5, 0.6) is 0 Å². The summed E-state index contributed by atoms with van der Waals surface area (Å²) in [5, 5.41) is 15.7. The molecule has 0 bridgehead atoms. The first kappa shape index (κ1) is 21.6. The van der Waals surface area contributed by atoms with Gasteiger partial charge < -0.3 is 5.11 Å². The van der Waals surface area contributed by atoms with Crippen molar-refractivity contribution in [2.45, 2.75) is 57.2 Å². The van der Waals surface area contributed by atoms with E-state index in [2.05, 4.69) is 10.1 Å². The van der Waals surface area contributed by atoms with Gasteiger partial charge in [-0.15, -0.1) is 0 Å². The van der Waals surface area contributed by atoms with Crippen LogP contribution in [0.2, 0.25) is 0 Å². The fourth-order valence-corrected chi connectivity index (χ4v) is 4.28. The molecule has 0 saturated heterocycles. The Labute approximate surface area is 179 Å². The lowest BCUT2D eigenvalue weighted by molar-refractivity contribution is -0.137. The highest BCUT2D eigenvalue weighted by Gasteiger charge is 2.31. The lowest BCUT2D eigenvalue weighted by atomic mass is 9.82. The van der Waals surface area contributed by atoms with Crippen LogP contribution in [0.3, 0.4) is 0 Å². The van der Waals surface area contributed by atoms with Crippen molar-refractivity contribution in [2.24, 2.45) is 5.92 Å². The van der Waals surface area contributed by atoms with Crippen molar-refractivity contribution in [3.63, 3.8) is 0 Å². The van der Waals surface area contributed by atoms with Crippen molar-refractivity contribution in [3.8, 4) is 5.82 Å². The molecule has 3 aromatic rings. The summed E-state index contributed by atoms with van der Waals surface area (Å²) in [6.07, 6.45) is 4.25. The van der Waals surface area contributed by atoms with E-state index in [0.717, 1.165) is 55.6 Å². The van der Waals surface area contributed by atoms with Crippen LogP contribution in [-0.2, 0) is 19.0 Å². The van der Waals surface area contributed by atoms with Gasteiger partial charge in [0.05, 0.1) is 17.4 Å². The molecule has 2 heterocycles. The van der Waals surface area contributed by atoms with Crippen molar-refractivity contribution < 1.29 is 18.3 Å². The Bertz CT molecular complexity index is 978. The monoisotopic (exact) mass is 429 g/mol. The molecular weight excluding hydrogens is 403 g/mol. The molecule has 164 valence electrons. The quantitative estimate of drug-likeness (QED) is 0.548. The minimum atomic E-state index is -4.43. The first-order valence-corrected chi connectivity index (χ1v) is 10.8. The molecule has 4 rings (SSSR count). The van der Waals surface area contributed by atoms with E-state index in [4.69, 9.17) is 0 Å². The molecule has 1 saturated carbocycles. The number of aliphatic hydroxyl groups is 1. The van der Waals surface area contributed by atoms with Gasteiger partial charge in [-0.05, 0) is 49.3 Å². The predicted octanol–water partition coefficient (Wildman–Crippen LogP) is 5.69. The lowest BCUT2D eigenvalue weighted by Crippen LogP contribution is -2.16. The number of hydrogen-bond donors (Lipinski definition) is 1. The van der Waals surface area contributed by atoms with Crippen molar-refractivity contribution in [1.82, 2.24) is 14.8 Å². The fourth-order valence-electron chi connectivity index (χ4n) is 4.28. The number of aromatic nitrogens is 3. The molecule has 0 amide bonds. The largest absolute Gasteiger partial charge is 0.417 e. The van der Waals surface area contributed by atoms with Crippen LogP contribution in [-0.4, -0.2) is 19.9 Å². The fraction of sp³-hybridized carbons (Fsp3) is 0.417. The van der Waals surface area contributed by atoms with Crippen LogP contribution in [0, 0.1) is 5.92 Å². The van der Waals surface area contributed by atoms with Gasteiger partial charge in [-0.1, -0.05) is 49.6 Å². The molecule has 2 aromatic heterocycles. The number of aliphatic hydroxyl groups excluding tert-OH is 1. The maximum absolute atomic E-state index is 12.9. The number of pyridine rings is 1. The Balaban J connectivity index is 1.62. The number of nitrogens with zero attached hydrogens (tertiary/aromatic N) is 3. The number of halogens is 3. The third-order valence-electron chi connectivity index (χ3n) is 6.04. The van der Waals surface area contributed by atoms with Crippen molar-refractivity contribution in [2.75, 3.05) is 0 Å². The zero-order valence-corrected chi connectivity index (χ0v) is 17.2. The number of benzene rings is 1. The molecule has 31 heavy (non-hydrogen) atoms. The minimum absolute atomic E-state index is 0.183. The first-order chi connectivity index (χ1) is 14.9. The summed E-state index contributed by atoms with van der Waals surface area (Å²) in [5.41, 5.74) is 1.89. The van der Waals surface area contributed by atoms with Gasteiger partial charge in [0.2, 0.25) is 0 Å². The molecule has 0 aliphatic heterocycles. The van der Waals surface area contributed by atoms with Gasteiger partial charge >= 0.3 is 6.18 Å². The van der Waals surface area contributed by atoms with E-state index in [-0.39, 0.29) is 5.92 Å². The maximum atomic E-state index is 12.9. The van der Waals surface area contributed by atoms with E-state index in [0.29, 0.717) is 12.2 Å². The van der Waals surface area contributed by atoms with Crippen LogP contribution in [0.1, 0.15) is 60.6 Å². The van der Waals surface area contributed by atoms with E-state index in [9.17, 15) is 18.3 Å². The van der Waals surface area contributed by atoms with Crippen LogP contribution in [0.15, 0.2) is 54.9 Å². The average molecular weight is 429 g/mol. The molecule has 4 nitrogen and oxygen atoms in total. The normalized spacial score (nSPS) is 16.4. The standard InChI is InChI=1S/C24H26F3N3O/c25-24(26,27)19-12-14-22(28-15-19)30-16-20(23(31)18-9-5-2-6-10-18)21(29-30)13-11-17-7-3-1-4-8-17/h1,3-4,7-8,12,14-16,18,23,31H,2,5-6,9-11,13H2. The van der Waals surface area contributed by atoms with E-state index >= 15 is 0 Å². The highest BCUT2D eigenvalue weighted by atomic mass is 19.4. The van der Waals surface area contributed by atoms with E-state index < -0.39 is 17.8 Å². The van der Waals surface area contributed by atoms with Gasteiger partial charge in [-0.3, -0.25) is 0 Å². The molecule has 1 atom stereocenters. The lowest BCUT2D eigenvalue weighted by Gasteiger charge is -2.26. The van der Waals surface area contributed by atoms with Gasteiger partial charge in [-0.2, -0.15) is 18.3 Å². The summed E-state index contributed by atoms with van der Waals surface area (Å²) in [6, 6.07) is 12.3. The highest BCUT2D eigenvalue weighted by Crippen LogP contribution is 2.36. The van der Waals surface area contributed by atoms with Gasteiger partial charge in [0.1, 0.15) is 0 Å². The third kappa shape index (κ3) is 5.15. The summed E-state index contributed by atoms with van der Waals surface area (Å²) >= 11 is 0. The molecule has 1 aliphatic rings. The summed E-state index contributed by atoms with van der Waals surface area (Å²) in [7, 11) is 0. The second-order valence-electron chi connectivity index (χ2n) is 8.21. The van der Waals surface area contributed by atoms with E-state index in [1.807, 2.05) is 30.3 Å². The average Bonchev–Trinajstić information content (AvgIpc) is 3.22. The van der Waals surface area contributed by atoms with Gasteiger partial charge in [0.15, 0.2) is 5.82 Å². The van der Waals surface area contributed by atoms with Gasteiger partial charge in [-0.25, -0.2) is 9.67 Å². The molecule has 1 aliphatic carbocycles. The molecule has 0 spiro atoms. The smallest absolute Gasteiger partial charge is 0.388 e. The van der Waals surface area contributed by atoms with Crippen molar-refractivity contribution in [1.29, 1.82) is 0 Å². The second kappa shape index (κ2) is 9.22. The Kier molecular flexibility index (Phi) is 6.41. The Morgan fingerprint density at radius 1 is 1.00 bits per heavy atom. The number of alkyl halides is 3. The predicted molar refractivity (Wildman–Crippen MR) is 112 cm³/mol. The zero-order chi connectivity index (χ0) is 21.8. The topological polar surface area (TPSA) is 50.9 Å². The Morgan fingerprint density at radius 2 is 1.74 bits per heavy atom. The summed E-state index contributed by atoms with van der Waals surface area (Å²) in [6.45, 7) is 0. The van der Waals surface area contributed by atoms with Crippen LogP contribution in [0.4, 0.5) is 13.2 Å². The molecule has 1 N–H and O–H groups in total. The minimum Gasteiger partial charge on any atom is -0.388 e. The summed E-state index contributed by atoms with van der Waals surface area (Å²) in [4.78, 5) is 3.96. The third-order valence-corrected chi connectivity index (χ3v) is 6.04. The highest BCUT2D eigenvalue weighted by molar-refractivity contribution is 5.31. The number of rotatable bonds is 6. The zero-order valence-electron chi connectivity index (χ0n) is 17.2. The Hall–Kier alpha value is -2.67. The summed E-state index contributed by atoms with van der Waals surface area (Å²) < 4.78 is 40.1. The molecule has 1 unspecified atom stereocenters. The molecular formula is C24H26F3N3O. The summed E-state index contributed by atoms with van der Waals surface area (Å²) in [5.74, 6) is 0.485. The molecule has 1 fully saturated rings. The van der Waals surface area contributed by atoms with E-state index in [1.165, 1.54) is 22.7 Å². The second-order valence-corrected chi connectivity index (χ2v) is 8.21. The number of aryl methyl sites for hydroxylation is 2. The maximum Gasteiger partial charge on any atom is 0.417 e. The van der Waals surface area contributed by atoms with Crippen LogP contribution >= 0.6 is 0 Å². The van der Waals surface area contributed by atoms with E-state index in [1.54, 1.807) is 6.20 Å². The van der Waals surface area contributed by atoms with Crippen molar-refractivity contribution in [3.05, 3.63) is 77.2 Å².